The first-order valence-corrected chi connectivity index (χ1v) is 6.20. The van der Waals surface area contributed by atoms with Crippen molar-refractivity contribution < 1.29 is 9.15 Å². The summed E-state index contributed by atoms with van der Waals surface area (Å²) in [5.41, 5.74) is 1.17. The number of furan rings is 1. The van der Waals surface area contributed by atoms with Gasteiger partial charge in [0.1, 0.15) is 23.9 Å². The minimum atomic E-state index is 0.657. The maximum Gasteiger partial charge on any atom is 0.122 e. The lowest BCUT2D eigenvalue weighted by Crippen LogP contribution is -2.20. The van der Waals surface area contributed by atoms with Crippen LogP contribution in [0.25, 0.3) is 0 Å². The fourth-order valence-electron chi connectivity index (χ4n) is 1.74. The molecule has 1 N–H and O–H groups in total. The van der Waals surface area contributed by atoms with E-state index in [0.29, 0.717) is 6.61 Å². The Hall–Kier alpha value is -1.74. The van der Waals surface area contributed by atoms with Crippen molar-refractivity contribution in [2.75, 3.05) is 13.2 Å². The zero-order valence-electron chi connectivity index (χ0n) is 10.9. The molecule has 1 aromatic heterocycles. The van der Waals surface area contributed by atoms with E-state index in [0.717, 1.165) is 30.4 Å². The molecule has 2 rings (SSSR count). The molecule has 0 saturated heterocycles. The Morgan fingerprint density at radius 2 is 1.94 bits per heavy atom. The predicted octanol–water partition coefficient (Wildman–Crippen LogP) is 3.07. The molecule has 18 heavy (non-hydrogen) atoms. The number of para-hydroxylation sites is 1. The zero-order valence-corrected chi connectivity index (χ0v) is 10.9. The second-order valence-electron chi connectivity index (χ2n) is 4.30. The molecule has 0 atom stereocenters. The Bertz CT molecular complexity index is 491. The van der Waals surface area contributed by atoms with Gasteiger partial charge in [0, 0.05) is 6.54 Å². The van der Waals surface area contributed by atoms with Crippen molar-refractivity contribution in [3.63, 3.8) is 0 Å². The second kappa shape index (κ2) is 6.26. The van der Waals surface area contributed by atoms with Crippen LogP contribution < -0.4 is 10.1 Å². The van der Waals surface area contributed by atoms with E-state index in [9.17, 15) is 0 Å². The van der Waals surface area contributed by atoms with Crippen LogP contribution in [-0.4, -0.2) is 13.2 Å². The van der Waals surface area contributed by atoms with Gasteiger partial charge >= 0.3 is 0 Å². The molecule has 3 heteroatoms. The third kappa shape index (κ3) is 3.64. The molecule has 0 aliphatic heterocycles. The monoisotopic (exact) mass is 245 g/mol. The van der Waals surface area contributed by atoms with Gasteiger partial charge in [-0.2, -0.15) is 0 Å². The summed E-state index contributed by atoms with van der Waals surface area (Å²) in [5.74, 6) is 2.86. The van der Waals surface area contributed by atoms with Crippen molar-refractivity contribution in [1.29, 1.82) is 0 Å². The summed E-state index contributed by atoms with van der Waals surface area (Å²) < 4.78 is 11.2. The lowest BCUT2D eigenvalue weighted by atomic mass is 10.2. The molecule has 2 aromatic rings. The van der Waals surface area contributed by atoms with Gasteiger partial charge < -0.3 is 14.5 Å². The number of hydrogen-bond acceptors (Lipinski definition) is 3. The maximum absolute atomic E-state index is 5.69. The molecule has 0 aliphatic rings. The summed E-state index contributed by atoms with van der Waals surface area (Å²) >= 11 is 0. The van der Waals surface area contributed by atoms with Gasteiger partial charge in [-0.15, -0.1) is 0 Å². The molecule has 0 bridgehead atoms. The molecular weight excluding hydrogens is 226 g/mol. The SMILES string of the molecule is Cc1ccc(CNCCOc2ccccc2C)o1. The van der Waals surface area contributed by atoms with E-state index in [4.69, 9.17) is 9.15 Å². The van der Waals surface area contributed by atoms with E-state index in [1.165, 1.54) is 5.56 Å². The maximum atomic E-state index is 5.69. The molecule has 0 amide bonds. The van der Waals surface area contributed by atoms with Gasteiger partial charge in [-0.25, -0.2) is 0 Å². The first-order valence-electron chi connectivity index (χ1n) is 6.20. The molecule has 96 valence electrons. The Morgan fingerprint density at radius 3 is 2.67 bits per heavy atom. The van der Waals surface area contributed by atoms with E-state index in [1.807, 2.05) is 50.2 Å². The number of aryl methyl sites for hydroxylation is 2. The summed E-state index contributed by atoms with van der Waals surface area (Å²) in [7, 11) is 0. The Balaban J connectivity index is 1.66. The third-order valence-electron chi connectivity index (χ3n) is 2.73. The van der Waals surface area contributed by atoms with Crippen LogP contribution in [-0.2, 0) is 6.54 Å². The van der Waals surface area contributed by atoms with Crippen molar-refractivity contribution >= 4 is 0 Å². The average Bonchev–Trinajstić information content (AvgIpc) is 2.77. The molecule has 0 fully saturated rings. The molecule has 0 unspecified atom stereocenters. The molecule has 1 heterocycles. The van der Waals surface area contributed by atoms with Crippen LogP contribution in [0.4, 0.5) is 0 Å². The summed E-state index contributed by atoms with van der Waals surface area (Å²) in [6, 6.07) is 12.0. The fraction of sp³-hybridized carbons (Fsp3) is 0.333. The molecule has 0 radical (unpaired) electrons. The van der Waals surface area contributed by atoms with E-state index in [1.54, 1.807) is 0 Å². The normalized spacial score (nSPS) is 10.6. The zero-order chi connectivity index (χ0) is 12.8. The molecular formula is C15H19NO2. The highest BCUT2D eigenvalue weighted by molar-refractivity contribution is 5.31. The highest BCUT2D eigenvalue weighted by atomic mass is 16.5. The van der Waals surface area contributed by atoms with Crippen molar-refractivity contribution in [2.24, 2.45) is 0 Å². The van der Waals surface area contributed by atoms with E-state index in [-0.39, 0.29) is 0 Å². The van der Waals surface area contributed by atoms with Gasteiger partial charge in [0.05, 0.1) is 6.54 Å². The average molecular weight is 245 g/mol. The second-order valence-corrected chi connectivity index (χ2v) is 4.30. The van der Waals surface area contributed by atoms with Crippen LogP contribution in [0.5, 0.6) is 5.75 Å². The Kier molecular flexibility index (Phi) is 4.42. The van der Waals surface area contributed by atoms with Crippen LogP contribution in [0.3, 0.4) is 0 Å². The number of benzene rings is 1. The molecule has 0 aliphatic carbocycles. The van der Waals surface area contributed by atoms with Gasteiger partial charge in [0.15, 0.2) is 0 Å². The van der Waals surface area contributed by atoms with Crippen molar-refractivity contribution in [1.82, 2.24) is 5.32 Å². The summed E-state index contributed by atoms with van der Waals surface area (Å²) in [6.07, 6.45) is 0. The van der Waals surface area contributed by atoms with Crippen molar-refractivity contribution in [2.45, 2.75) is 20.4 Å². The predicted molar refractivity (Wildman–Crippen MR) is 71.8 cm³/mol. The van der Waals surface area contributed by atoms with Gasteiger partial charge in [0.2, 0.25) is 0 Å². The number of rotatable bonds is 6. The number of ether oxygens (including phenoxy) is 1. The highest BCUT2D eigenvalue weighted by Gasteiger charge is 1.99. The van der Waals surface area contributed by atoms with Gasteiger partial charge in [-0.3, -0.25) is 0 Å². The highest BCUT2D eigenvalue weighted by Crippen LogP contribution is 2.15. The van der Waals surface area contributed by atoms with Gasteiger partial charge in [-0.1, -0.05) is 18.2 Å². The number of hydrogen-bond donors (Lipinski definition) is 1. The summed E-state index contributed by atoms with van der Waals surface area (Å²) in [5, 5.41) is 3.29. The molecule has 0 spiro atoms. The fourth-order valence-corrected chi connectivity index (χ4v) is 1.74. The Morgan fingerprint density at radius 1 is 1.11 bits per heavy atom. The Labute approximate surface area is 108 Å². The van der Waals surface area contributed by atoms with E-state index in [2.05, 4.69) is 5.32 Å². The van der Waals surface area contributed by atoms with Crippen LogP contribution in [0.2, 0.25) is 0 Å². The first-order chi connectivity index (χ1) is 8.75. The lowest BCUT2D eigenvalue weighted by molar-refractivity contribution is 0.308. The van der Waals surface area contributed by atoms with E-state index >= 15 is 0 Å². The summed E-state index contributed by atoms with van der Waals surface area (Å²) in [4.78, 5) is 0. The topological polar surface area (TPSA) is 34.4 Å². The van der Waals surface area contributed by atoms with Crippen LogP contribution in [0, 0.1) is 13.8 Å². The first kappa shape index (κ1) is 12.7. The largest absolute Gasteiger partial charge is 0.492 e. The van der Waals surface area contributed by atoms with Gasteiger partial charge in [0.25, 0.3) is 0 Å². The quantitative estimate of drug-likeness (QED) is 0.794. The van der Waals surface area contributed by atoms with Crippen LogP contribution >= 0.6 is 0 Å². The minimum Gasteiger partial charge on any atom is -0.492 e. The molecule has 1 aromatic carbocycles. The number of nitrogens with one attached hydrogen (secondary N) is 1. The van der Waals surface area contributed by atoms with E-state index < -0.39 is 0 Å². The standard InChI is InChI=1S/C15H19NO2/c1-12-5-3-4-6-15(12)17-10-9-16-11-14-8-7-13(2)18-14/h3-8,16H,9-11H2,1-2H3. The molecule has 0 saturated carbocycles. The van der Waals surface area contributed by atoms with Gasteiger partial charge in [-0.05, 0) is 37.6 Å². The van der Waals surface area contributed by atoms with Crippen LogP contribution in [0.15, 0.2) is 40.8 Å². The lowest BCUT2D eigenvalue weighted by Gasteiger charge is -2.08. The summed E-state index contributed by atoms with van der Waals surface area (Å²) in [6.45, 7) is 6.20. The van der Waals surface area contributed by atoms with Crippen molar-refractivity contribution in [3.8, 4) is 5.75 Å². The van der Waals surface area contributed by atoms with Crippen LogP contribution in [0.1, 0.15) is 17.1 Å². The van der Waals surface area contributed by atoms with Crippen molar-refractivity contribution in [3.05, 3.63) is 53.5 Å². The minimum absolute atomic E-state index is 0.657. The third-order valence-corrected chi connectivity index (χ3v) is 2.73. The molecule has 3 nitrogen and oxygen atoms in total. The smallest absolute Gasteiger partial charge is 0.122 e.